The molecule has 4 nitrogen and oxygen atoms in total. The van der Waals surface area contributed by atoms with E-state index in [-0.39, 0.29) is 24.3 Å². The van der Waals surface area contributed by atoms with Crippen LogP contribution >= 0.6 is 11.6 Å². The number of halogens is 1. The van der Waals surface area contributed by atoms with E-state index >= 15 is 0 Å². The maximum absolute atomic E-state index is 12.3. The van der Waals surface area contributed by atoms with Gasteiger partial charge in [-0.2, -0.15) is 0 Å². The molecular formula is C16H22ClNO3. The van der Waals surface area contributed by atoms with Gasteiger partial charge < -0.3 is 9.47 Å². The summed E-state index contributed by atoms with van der Waals surface area (Å²) in [7, 11) is 0. The van der Waals surface area contributed by atoms with Crippen LogP contribution in [0.4, 0.5) is 0 Å². The van der Waals surface area contributed by atoms with E-state index in [2.05, 4.69) is 11.9 Å². The molecule has 0 amide bonds. The minimum atomic E-state index is -0.331. The quantitative estimate of drug-likeness (QED) is 0.627. The van der Waals surface area contributed by atoms with Crippen molar-refractivity contribution in [2.75, 3.05) is 0 Å². The topological polar surface area (TPSA) is 48.4 Å². The molecule has 0 radical (unpaired) electrons. The molecule has 116 valence electrons. The summed E-state index contributed by atoms with van der Waals surface area (Å²) in [6, 6.07) is 3.33. The summed E-state index contributed by atoms with van der Waals surface area (Å²) >= 11 is 5.98. The fraction of sp³-hybridized carbons (Fsp3) is 0.625. The standard InChI is InChI=1S/C16H22ClNO3/c1-4-5-13-8-12(9-15(17)18-13)16(19)21-14-6-10(2)20-11(3)7-14/h8-11,14H,4-7H2,1-3H3. The molecule has 1 fully saturated rings. The Morgan fingerprint density at radius 1 is 1.38 bits per heavy atom. The molecule has 0 aromatic carbocycles. The molecule has 2 heterocycles. The lowest BCUT2D eigenvalue weighted by molar-refractivity contribution is -0.0855. The number of carbonyl (C=O) groups is 1. The number of ether oxygens (including phenoxy) is 2. The molecule has 1 aliphatic rings. The highest BCUT2D eigenvalue weighted by atomic mass is 35.5. The fourth-order valence-electron chi connectivity index (χ4n) is 2.71. The molecule has 1 aliphatic heterocycles. The van der Waals surface area contributed by atoms with E-state index in [1.165, 1.54) is 0 Å². The number of aryl methyl sites for hydroxylation is 1. The monoisotopic (exact) mass is 311 g/mol. The first kappa shape index (κ1) is 16.2. The van der Waals surface area contributed by atoms with Crippen molar-refractivity contribution in [1.29, 1.82) is 0 Å². The minimum Gasteiger partial charge on any atom is -0.459 e. The molecule has 1 aromatic rings. The van der Waals surface area contributed by atoms with Gasteiger partial charge >= 0.3 is 5.97 Å². The molecule has 0 aliphatic carbocycles. The minimum absolute atomic E-state index is 0.0992. The summed E-state index contributed by atoms with van der Waals surface area (Å²) in [5, 5.41) is 0.335. The third-order valence-corrected chi connectivity index (χ3v) is 3.71. The Morgan fingerprint density at radius 2 is 2.05 bits per heavy atom. The van der Waals surface area contributed by atoms with Crippen molar-refractivity contribution in [2.45, 2.75) is 64.8 Å². The number of rotatable bonds is 4. The van der Waals surface area contributed by atoms with E-state index in [1.54, 1.807) is 12.1 Å². The summed E-state index contributed by atoms with van der Waals surface area (Å²) in [4.78, 5) is 16.5. The normalized spacial score (nSPS) is 25.6. The van der Waals surface area contributed by atoms with Crippen molar-refractivity contribution in [3.8, 4) is 0 Å². The Kier molecular flexibility index (Phi) is 5.59. The van der Waals surface area contributed by atoms with Crippen molar-refractivity contribution in [3.63, 3.8) is 0 Å². The molecular weight excluding hydrogens is 290 g/mol. The van der Waals surface area contributed by atoms with Crippen LogP contribution in [0.25, 0.3) is 0 Å². The SMILES string of the molecule is CCCc1cc(C(=O)OC2CC(C)OC(C)C2)cc(Cl)n1. The van der Waals surface area contributed by atoms with Gasteiger partial charge in [-0.25, -0.2) is 9.78 Å². The molecule has 2 rings (SSSR count). The highest BCUT2D eigenvalue weighted by Crippen LogP contribution is 2.23. The zero-order chi connectivity index (χ0) is 15.4. The number of carbonyl (C=O) groups excluding carboxylic acids is 1. The van der Waals surface area contributed by atoms with Crippen LogP contribution in [-0.2, 0) is 15.9 Å². The van der Waals surface area contributed by atoms with Crippen LogP contribution in [0.15, 0.2) is 12.1 Å². The predicted octanol–water partition coefficient (Wildman–Crippen LogP) is 3.80. The van der Waals surface area contributed by atoms with E-state index in [1.807, 2.05) is 13.8 Å². The Balaban J connectivity index is 2.06. The first-order chi connectivity index (χ1) is 9.97. The van der Waals surface area contributed by atoms with Gasteiger partial charge in [-0.15, -0.1) is 0 Å². The summed E-state index contributed by atoms with van der Waals surface area (Å²) in [5.74, 6) is -0.331. The van der Waals surface area contributed by atoms with Gasteiger partial charge in [-0.1, -0.05) is 24.9 Å². The van der Waals surface area contributed by atoms with Crippen molar-refractivity contribution in [3.05, 3.63) is 28.5 Å². The molecule has 1 aromatic heterocycles. The van der Waals surface area contributed by atoms with Crippen molar-refractivity contribution < 1.29 is 14.3 Å². The first-order valence-electron chi connectivity index (χ1n) is 7.50. The summed E-state index contributed by atoms with van der Waals surface area (Å²) in [6.45, 7) is 6.06. The van der Waals surface area contributed by atoms with Crippen LogP contribution in [0.5, 0.6) is 0 Å². The highest BCUT2D eigenvalue weighted by Gasteiger charge is 2.27. The van der Waals surface area contributed by atoms with E-state index in [9.17, 15) is 4.79 Å². The molecule has 0 spiro atoms. The van der Waals surface area contributed by atoms with E-state index in [0.717, 1.165) is 31.4 Å². The highest BCUT2D eigenvalue weighted by molar-refractivity contribution is 6.29. The molecule has 0 N–H and O–H groups in total. The van der Waals surface area contributed by atoms with Crippen LogP contribution in [0.3, 0.4) is 0 Å². The van der Waals surface area contributed by atoms with Crippen molar-refractivity contribution in [1.82, 2.24) is 4.98 Å². The number of hydrogen-bond donors (Lipinski definition) is 0. The number of esters is 1. The van der Waals surface area contributed by atoms with E-state index < -0.39 is 0 Å². The zero-order valence-electron chi connectivity index (χ0n) is 12.8. The van der Waals surface area contributed by atoms with Crippen LogP contribution in [0.2, 0.25) is 5.15 Å². The van der Waals surface area contributed by atoms with Gasteiger partial charge in [0.1, 0.15) is 11.3 Å². The Morgan fingerprint density at radius 3 is 2.67 bits per heavy atom. The molecule has 0 bridgehead atoms. The average Bonchev–Trinajstić information content (AvgIpc) is 2.37. The van der Waals surface area contributed by atoms with Crippen molar-refractivity contribution in [2.24, 2.45) is 0 Å². The van der Waals surface area contributed by atoms with Gasteiger partial charge in [0.2, 0.25) is 0 Å². The summed E-state index contributed by atoms with van der Waals surface area (Å²) in [6.07, 6.45) is 3.35. The molecule has 21 heavy (non-hydrogen) atoms. The third kappa shape index (κ3) is 4.68. The second-order valence-corrected chi connectivity index (χ2v) is 6.06. The van der Waals surface area contributed by atoms with Gasteiger partial charge in [0.15, 0.2) is 0 Å². The van der Waals surface area contributed by atoms with E-state index in [4.69, 9.17) is 21.1 Å². The maximum Gasteiger partial charge on any atom is 0.338 e. The average molecular weight is 312 g/mol. The van der Waals surface area contributed by atoms with Gasteiger partial charge in [0.05, 0.1) is 17.8 Å². The smallest absolute Gasteiger partial charge is 0.338 e. The number of nitrogens with zero attached hydrogens (tertiary/aromatic N) is 1. The fourth-order valence-corrected chi connectivity index (χ4v) is 2.94. The van der Waals surface area contributed by atoms with Gasteiger partial charge in [-0.3, -0.25) is 0 Å². The molecule has 5 heteroatoms. The predicted molar refractivity (Wildman–Crippen MR) is 81.7 cm³/mol. The van der Waals surface area contributed by atoms with E-state index in [0.29, 0.717) is 10.7 Å². The lowest BCUT2D eigenvalue weighted by Gasteiger charge is -2.31. The number of pyridine rings is 1. The largest absolute Gasteiger partial charge is 0.459 e. The molecule has 1 saturated heterocycles. The van der Waals surface area contributed by atoms with Crippen molar-refractivity contribution >= 4 is 17.6 Å². The van der Waals surface area contributed by atoms with Crippen LogP contribution in [0, 0.1) is 0 Å². The first-order valence-corrected chi connectivity index (χ1v) is 7.88. The summed E-state index contributed by atoms with van der Waals surface area (Å²) < 4.78 is 11.3. The van der Waals surface area contributed by atoms with Crippen LogP contribution in [-0.4, -0.2) is 29.3 Å². The van der Waals surface area contributed by atoms with Gasteiger partial charge in [0.25, 0.3) is 0 Å². The third-order valence-electron chi connectivity index (χ3n) is 3.52. The van der Waals surface area contributed by atoms with Gasteiger partial charge in [-0.05, 0) is 32.4 Å². The number of aromatic nitrogens is 1. The lowest BCUT2D eigenvalue weighted by atomic mass is 10.0. The second-order valence-electron chi connectivity index (χ2n) is 5.68. The Bertz CT molecular complexity index is 496. The summed E-state index contributed by atoms with van der Waals surface area (Å²) in [5.41, 5.74) is 1.30. The Hall–Kier alpha value is -1.13. The second kappa shape index (κ2) is 7.23. The maximum atomic E-state index is 12.3. The molecule has 0 saturated carbocycles. The molecule has 2 atom stereocenters. The zero-order valence-corrected chi connectivity index (χ0v) is 13.5. The number of hydrogen-bond acceptors (Lipinski definition) is 4. The lowest BCUT2D eigenvalue weighted by Crippen LogP contribution is -2.35. The van der Waals surface area contributed by atoms with Crippen LogP contribution in [0.1, 0.15) is 56.1 Å². The molecule has 2 unspecified atom stereocenters. The van der Waals surface area contributed by atoms with Crippen LogP contribution < -0.4 is 0 Å². The van der Waals surface area contributed by atoms with Gasteiger partial charge in [0, 0.05) is 18.5 Å². The Labute approximate surface area is 130 Å².